The minimum Gasteiger partial charge on any atom is -0.351 e. The monoisotopic (exact) mass is 298 g/mol. The molecule has 0 bridgehead atoms. The van der Waals surface area contributed by atoms with Gasteiger partial charge in [-0.3, -0.25) is 10.1 Å². The van der Waals surface area contributed by atoms with Crippen LogP contribution in [0, 0.1) is 5.92 Å². The number of hydrogen-bond acceptors (Lipinski definition) is 6. The molecule has 0 aliphatic heterocycles. The van der Waals surface area contributed by atoms with E-state index < -0.39 is 17.2 Å². The third-order valence-corrected chi connectivity index (χ3v) is 4.48. The molecule has 5 N–H and O–H groups in total. The number of nitrogens with two attached hydrogens (primary N) is 2. The van der Waals surface area contributed by atoms with Crippen molar-refractivity contribution in [3.8, 4) is 0 Å². The second kappa shape index (κ2) is 5.70. The highest BCUT2D eigenvalue weighted by Gasteiger charge is 2.32. The van der Waals surface area contributed by atoms with Crippen molar-refractivity contribution >= 4 is 23.7 Å². The maximum Gasteiger partial charge on any atom is 0.318 e. The Hall–Kier alpha value is -1.77. The van der Waals surface area contributed by atoms with Crippen LogP contribution in [0.2, 0.25) is 0 Å². The van der Waals surface area contributed by atoms with Gasteiger partial charge in [-0.15, -0.1) is 10.2 Å². The van der Waals surface area contributed by atoms with E-state index in [0.717, 1.165) is 18.7 Å². The van der Waals surface area contributed by atoms with Crippen molar-refractivity contribution < 1.29 is 9.59 Å². The van der Waals surface area contributed by atoms with Crippen molar-refractivity contribution in [2.24, 2.45) is 11.7 Å². The normalized spacial score (nSPS) is 16.1. The molecule has 0 spiro atoms. The molecular formula is C11H18N6O2S. The highest BCUT2D eigenvalue weighted by molar-refractivity contribution is 8.00. The summed E-state index contributed by atoms with van der Waals surface area (Å²) in [6.45, 7) is 3.74. The van der Waals surface area contributed by atoms with Gasteiger partial charge >= 0.3 is 6.03 Å². The lowest BCUT2D eigenvalue weighted by molar-refractivity contribution is -0.120. The van der Waals surface area contributed by atoms with Crippen LogP contribution in [-0.4, -0.2) is 32.1 Å². The summed E-state index contributed by atoms with van der Waals surface area (Å²) in [5, 5.41) is 10.1. The van der Waals surface area contributed by atoms with Crippen LogP contribution in [0.5, 0.6) is 0 Å². The predicted octanol–water partition coefficient (Wildman–Crippen LogP) is 0.181. The van der Waals surface area contributed by atoms with E-state index in [4.69, 9.17) is 11.6 Å². The molecule has 0 radical (unpaired) electrons. The molecule has 1 fully saturated rings. The molecule has 1 aliphatic rings. The van der Waals surface area contributed by atoms with Crippen LogP contribution >= 0.6 is 11.8 Å². The molecule has 110 valence electrons. The van der Waals surface area contributed by atoms with Gasteiger partial charge in [0.05, 0.1) is 5.25 Å². The van der Waals surface area contributed by atoms with Crippen LogP contribution < -0.4 is 16.9 Å². The third-order valence-electron chi connectivity index (χ3n) is 2.98. The zero-order chi connectivity index (χ0) is 14.9. The summed E-state index contributed by atoms with van der Waals surface area (Å²) in [5.41, 5.74) is 4.97. The number of rotatable bonds is 5. The largest absolute Gasteiger partial charge is 0.351 e. The standard InChI is InChI=1S/C11H18N6O2S/c1-5(2)7(9(18)14-10(12)19)20-11-16-15-8(17(11)13)6-3-4-6/h5-7H,3-4,13H2,1-2H3,(H3,12,14,18,19). The summed E-state index contributed by atoms with van der Waals surface area (Å²) < 4.78 is 1.43. The number of nitrogen functional groups attached to an aromatic ring is 1. The lowest BCUT2D eigenvalue weighted by atomic mass is 10.1. The van der Waals surface area contributed by atoms with Crippen molar-refractivity contribution in [2.75, 3.05) is 5.84 Å². The van der Waals surface area contributed by atoms with Crippen LogP contribution in [0.25, 0.3) is 0 Å². The first-order valence-corrected chi connectivity index (χ1v) is 7.25. The smallest absolute Gasteiger partial charge is 0.318 e. The Morgan fingerprint density at radius 2 is 2.05 bits per heavy atom. The summed E-state index contributed by atoms with van der Waals surface area (Å²) >= 11 is 1.18. The van der Waals surface area contributed by atoms with E-state index >= 15 is 0 Å². The average Bonchev–Trinajstić information content (AvgIpc) is 3.10. The molecule has 1 atom stereocenters. The molecule has 1 heterocycles. The SMILES string of the molecule is CC(C)C(Sc1nnc(C2CC2)n1N)C(=O)NC(N)=O. The number of aromatic nitrogens is 3. The molecule has 0 aromatic carbocycles. The zero-order valence-electron chi connectivity index (χ0n) is 11.4. The van der Waals surface area contributed by atoms with E-state index in [9.17, 15) is 9.59 Å². The van der Waals surface area contributed by atoms with Crippen molar-refractivity contribution in [2.45, 2.75) is 43.0 Å². The number of urea groups is 1. The molecule has 1 unspecified atom stereocenters. The predicted molar refractivity (Wildman–Crippen MR) is 74.4 cm³/mol. The quantitative estimate of drug-likeness (QED) is 0.525. The molecule has 1 saturated carbocycles. The highest BCUT2D eigenvalue weighted by Crippen LogP contribution is 2.39. The van der Waals surface area contributed by atoms with Gasteiger partial charge in [-0.2, -0.15) is 0 Å². The van der Waals surface area contributed by atoms with Gasteiger partial charge in [-0.1, -0.05) is 25.6 Å². The van der Waals surface area contributed by atoms with E-state index in [1.807, 2.05) is 13.8 Å². The number of nitrogens with one attached hydrogen (secondary N) is 1. The first-order chi connectivity index (χ1) is 9.40. The topological polar surface area (TPSA) is 129 Å². The van der Waals surface area contributed by atoms with Crippen LogP contribution in [0.3, 0.4) is 0 Å². The zero-order valence-corrected chi connectivity index (χ0v) is 12.2. The van der Waals surface area contributed by atoms with Crippen LogP contribution in [0.15, 0.2) is 5.16 Å². The van der Waals surface area contributed by atoms with Gasteiger partial charge in [0.1, 0.15) is 0 Å². The van der Waals surface area contributed by atoms with E-state index in [0.29, 0.717) is 11.1 Å². The number of imide groups is 1. The van der Waals surface area contributed by atoms with E-state index in [1.54, 1.807) is 0 Å². The Bertz CT molecular complexity index is 525. The minimum atomic E-state index is -0.867. The van der Waals surface area contributed by atoms with E-state index in [1.165, 1.54) is 16.4 Å². The van der Waals surface area contributed by atoms with Crippen molar-refractivity contribution in [3.63, 3.8) is 0 Å². The molecule has 20 heavy (non-hydrogen) atoms. The maximum atomic E-state index is 11.9. The Morgan fingerprint density at radius 1 is 1.40 bits per heavy atom. The first-order valence-electron chi connectivity index (χ1n) is 6.37. The molecule has 2 rings (SSSR count). The second-order valence-electron chi connectivity index (χ2n) is 5.12. The molecular weight excluding hydrogens is 280 g/mol. The van der Waals surface area contributed by atoms with Gasteiger partial charge in [0.25, 0.3) is 0 Å². The fourth-order valence-electron chi connectivity index (χ4n) is 1.79. The lowest BCUT2D eigenvalue weighted by Crippen LogP contribution is -2.42. The molecule has 1 aromatic heterocycles. The molecule has 3 amide bonds. The highest BCUT2D eigenvalue weighted by atomic mass is 32.2. The van der Waals surface area contributed by atoms with Crippen LogP contribution in [0.1, 0.15) is 38.4 Å². The summed E-state index contributed by atoms with van der Waals surface area (Å²) in [4.78, 5) is 22.7. The summed E-state index contributed by atoms with van der Waals surface area (Å²) in [6, 6.07) is -0.867. The van der Waals surface area contributed by atoms with E-state index in [-0.39, 0.29) is 5.92 Å². The number of thioether (sulfide) groups is 1. The van der Waals surface area contributed by atoms with Gasteiger partial charge in [0, 0.05) is 5.92 Å². The number of nitrogens with zero attached hydrogens (tertiary/aromatic N) is 3. The first kappa shape index (κ1) is 14.6. The van der Waals surface area contributed by atoms with Crippen LogP contribution in [-0.2, 0) is 4.79 Å². The molecule has 1 aliphatic carbocycles. The Balaban J connectivity index is 2.11. The van der Waals surface area contributed by atoms with E-state index in [2.05, 4.69) is 15.5 Å². The summed E-state index contributed by atoms with van der Waals surface area (Å²) in [7, 11) is 0. The fourth-order valence-corrected chi connectivity index (χ4v) is 2.75. The van der Waals surface area contributed by atoms with Gasteiger partial charge in [-0.05, 0) is 18.8 Å². The Kier molecular flexibility index (Phi) is 4.17. The van der Waals surface area contributed by atoms with Gasteiger partial charge < -0.3 is 11.6 Å². The van der Waals surface area contributed by atoms with Crippen LogP contribution in [0.4, 0.5) is 4.79 Å². The summed E-state index contributed by atoms with van der Waals surface area (Å²) in [5.74, 6) is 6.59. The molecule has 1 aromatic rings. The van der Waals surface area contributed by atoms with Gasteiger partial charge in [0.15, 0.2) is 5.82 Å². The van der Waals surface area contributed by atoms with Gasteiger partial charge in [-0.25, -0.2) is 9.47 Å². The third kappa shape index (κ3) is 3.21. The fraction of sp³-hybridized carbons (Fsp3) is 0.636. The number of carbonyl (C=O) groups excluding carboxylic acids is 2. The lowest BCUT2D eigenvalue weighted by Gasteiger charge is -2.17. The molecule has 9 heteroatoms. The molecule has 8 nitrogen and oxygen atoms in total. The average molecular weight is 298 g/mol. The Labute approximate surface area is 120 Å². The van der Waals surface area contributed by atoms with Crippen molar-refractivity contribution in [1.29, 1.82) is 0 Å². The van der Waals surface area contributed by atoms with Gasteiger partial charge in [0.2, 0.25) is 11.1 Å². The molecule has 0 saturated heterocycles. The van der Waals surface area contributed by atoms with Crippen molar-refractivity contribution in [3.05, 3.63) is 5.82 Å². The Morgan fingerprint density at radius 3 is 2.55 bits per heavy atom. The maximum absolute atomic E-state index is 11.9. The number of amides is 3. The summed E-state index contributed by atoms with van der Waals surface area (Å²) in [6.07, 6.45) is 2.13. The van der Waals surface area contributed by atoms with Crippen molar-refractivity contribution in [1.82, 2.24) is 20.2 Å². The number of carbonyl (C=O) groups is 2. The number of primary amides is 1. The minimum absolute atomic E-state index is 0.0135. The number of hydrogen-bond donors (Lipinski definition) is 3. The second-order valence-corrected chi connectivity index (χ2v) is 6.23.